The van der Waals surface area contributed by atoms with Gasteiger partial charge >= 0.3 is 6.09 Å². The molecule has 0 aliphatic heterocycles. The zero-order valence-electron chi connectivity index (χ0n) is 12.9. The van der Waals surface area contributed by atoms with Crippen molar-refractivity contribution in [1.29, 1.82) is 0 Å². The van der Waals surface area contributed by atoms with Gasteiger partial charge < -0.3 is 9.64 Å². The number of rotatable bonds is 5. The molecule has 0 radical (unpaired) electrons. The highest BCUT2D eigenvalue weighted by Gasteiger charge is 2.21. The van der Waals surface area contributed by atoms with Gasteiger partial charge in [0.2, 0.25) is 0 Å². The third-order valence-corrected chi connectivity index (χ3v) is 2.60. The molecule has 0 spiro atoms. The number of hydrogen-bond donors (Lipinski definition) is 0. The fourth-order valence-corrected chi connectivity index (χ4v) is 1.70. The van der Waals surface area contributed by atoms with Gasteiger partial charge in [0, 0.05) is 13.1 Å². The monoisotopic (exact) mass is 275 g/mol. The average molecular weight is 275 g/mol. The Labute approximate surface area is 122 Å². The Bertz CT molecular complexity index is 432. The summed E-state index contributed by atoms with van der Waals surface area (Å²) in [6.07, 6.45) is 4.75. The number of carbonyl (C=O) groups excluding carboxylic acids is 1. The lowest BCUT2D eigenvalue weighted by atomic mass is 10.2. The van der Waals surface area contributed by atoms with Crippen LogP contribution in [0.3, 0.4) is 0 Å². The molecule has 0 saturated carbocycles. The van der Waals surface area contributed by atoms with Gasteiger partial charge in [-0.2, -0.15) is 0 Å². The van der Waals surface area contributed by atoms with E-state index in [4.69, 9.17) is 4.74 Å². The summed E-state index contributed by atoms with van der Waals surface area (Å²) in [4.78, 5) is 13.9. The molecule has 0 aliphatic rings. The number of nitrogens with zero attached hydrogens (tertiary/aromatic N) is 1. The van der Waals surface area contributed by atoms with Gasteiger partial charge in [-0.25, -0.2) is 4.79 Å². The number of benzene rings is 1. The Morgan fingerprint density at radius 3 is 2.40 bits per heavy atom. The van der Waals surface area contributed by atoms with Crippen LogP contribution in [0, 0.1) is 0 Å². The molecule has 0 aliphatic carbocycles. The highest BCUT2D eigenvalue weighted by atomic mass is 16.6. The zero-order chi connectivity index (χ0) is 15.0. The van der Waals surface area contributed by atoms with Crippen LogP contribution in [-0.4, -0.2) is 23.1 Å². The molecular weight excluding hydrogens is 250 g/mol. The number of carbonyl (C=O) groups is 1. The van der Waals surface area contributed by atoms with E-state index in [1.807, 2.05) is 57.2 Å². The molecule has 0 heterocycles. The van der Waals surface area contributed by atoms with Gasteiger partial charge in [0.05, 0.1) is 0 Å². The van der Waals surface area contributed by atoms with E-state index in [-0.39, 0.29) is 6.09 Å². The van der Waals surface area contributed by atoms with Gasteiger partial charge in [0.1, 0.15) is 5.60 Å². The van der Waals surface area contributed by atoms with Crippen LogP contribution >= 0.6 is 0 Å². The smallest absolute Gasteiger partial charge is 0.410 e. The first-order valence-corrected chi connectivity index (χ1v) is 7.09. The zero-order valence-corrected chi connectivity index (χ0v) is 12.9. The highest BCUT2D eigenvalue weighted by Crippen LogP contribution is 2.12. The number of amides is 1. The van der Waals surface area contributed by atoms with Gasteiger partial charge in [-0.1, -0.05) is 49.4 Å². The minimum Gasteiger partial charge on any atom is -0.444 e. The summed E-state index contributed by atoms with van der Waals surface area (Å²) in [5, 5.41) is 0. The summed E-state index contributed by atoms with van der Waals surface area (Å²) in [7, 11) is 0. The largest absolute Gasteiger partial charge is 0.444 e. The summed E-state index contributed by atoms with van der Waals surface area (Å²) < 4.78 is 5.46. The van der Waals surface area contributed by atoms with Crippen LogP contribution in [0.15, 0.2) is 42.5 Å². The van der Waals surface area contributed by atoms with Gasteiger partial charge in [-0.3, -0.25) is 0 Å². The fourth-order valence-electron chi connectivity index (χ4n) is 1.70. The van der Waals surface area contributed by atoms with Crippen LogP contribution in [0.1, 0.15) is 39.7 Å². The van der Waals surface area contributed by atoms with Crippen LogP contribution in [0.4, 0.5) is 4.79 Å². The Morgan fingerprint density at radius 2 is 1.85 bits per heavy atom. The van der Waals surface area contributed by atoms with Crippen LogP contribution in [0.25, 0.3) is 0 Å². The lowest BCUT2D eigenvalue weighted by Crippen LogP contribution is -2.36. The lowest BCUT2D eigenvalue weighted by molar-refractivity contribution is 0.0256. The maximum Gasteiger partial charge on any atom is 0.410 e. The van der Waals surface area contributed by atoms with Crippen molar-refractivity contribution >= 4 is 6.09 Å². The van der Waals surface area contributed by atoms with Crippen molar-refractivity contribution < 1.29 is 9.53 Å². The molecule has 1 amide bonds. The first kappa shape index (κ1) is 16.3. The maximum absolute atomic E-state index is 12.2. The second-order valence-electron chi connectivity index (χ2n) is 5.73. The Hall–Kier alpha value is -1.77. The molecule has 0 N–H and O–H groups in total. The molecular formula is C17H25NO2. The van der Waals surface area contributed by atoms with Gasteiger partial charge in [0.25, 0.3) is 0 Å². The van der Waals surface area contributed by atoms with E-state index in [1.165, 1.54) is 0 Å². The summed E-state index contributed by atoms with van der Waals surface area (Å²) in [6, 6.07) is 9.95. The Kier molecular flexibility index (Phi) is 6.29. The van der Waals surface area contributed by atoms with Gasteiger partial charge in [-0.05, 0) is 32.8 Å². The van der Waals surface area contributed by atoms with E-state index in [2.05, 4.69) is 13.0 Å². The third kappa shape index (κ3) is 6.41. The Balaban J connectivity index is 2.74. The van der Waals surface area contributed by atoms with Crippen molar-refractivity contribution in [2.75, 3.05) is 6.54 Å². The summed E-state index contributed by atoms with van der Waals surface area (Å²) in [5.41, 5.74) is 0.629. The van der Waals surface area contributed by atoms with Crippen molar-refractivity contribution in [3.05, 3.63) is 48.0 Å². The van der Waals surface area contributed by atoms with E-state index >= 15 is 0 Å². The molecule has 20 heavy (non-hydrogen) atoms. The van der Waals surface area contributed by atoms with Crippen molar-refractivity contribution in [1.82, 2.24) is 4.90 Å². The topological polar surface area (TPSA) is 29.5 Å². The molecule has 0 fully saturated rings. The molecule has 0 saturated heterocycles. The number of hydrogen-bond acceptors (Lipinski definition) is 2. The maximum atomic E-state index is 12.2. The molecule has 1 rings (SSSR count). The number of allylic oxidation sites excluding steroid dienone is 1. The van der Waals surface area contributed by atoms with E-state index in [0.29, 0.717) is 13.1 Å². The van der Waals surface area contributed by atoms with Gasteiger partial charge in [-0.15, -0.1) is 0 Å². The second-order valence-corrected chi connectivity index (χ2v) is 5.73. The number of ether oxygens (including phenoxy) is 1. The average Bonchev–Trinajstić information content (AvgIpc) is 2.37. The minimum absolute atomic E-state index is 0.276. The van der Waals surface area contributed by atoms with E-state index in [0.717, 1.165) is 12.0 Å². The van der Waals surface area contributed by atoms with Crippen molar-refractivity contribution in [2.45, 2.75) is 46.3 Å². The van der Waals surface area contributed by atoms with Crippen LogP contribution in [-0.2, 0) is 11.3 Å². The van der Waals surface area contributed by atoms with E-state index in [1.54, 1.807) is 4.90 Å². The van der Waals surface area contributed by atoms with Crippen molar-refractivity contribution in [3.8, 4) is 0 Å². The summed E-state index contributed by atoms with van der Waals surface area (Å²) in [5.74, 6) is 0. The minimum atomic E-state index is -0.472. The first-order chi connectivity index (χ1) is 9.42. The van der Waals surface area contributed by atoms with E-state index < -0.39 is 5.60 Å². The predicted molar refractivity (Wildman–Crippen MR) is 82.5 cm³/mol. The lowest BCUT2D eigenvalue weighted by Gasteiger charge is -2.26. The molecule has 0 bridgehead atoms. The third-order valence-electron chi connectivity index (χ3n) is 2.60. The Morgan fingerprint density at radius 1 is 1.20 bits per heavy atom. The standard InChI is InChI=1S/C17H25NO2/c1-5-6-10-13-18(16(19)20-17(2,3)4)14-15-11-8-7-9-12-15/h6-12H,5,13-14H2,1-4H3/b10-6+. The van der Waals surface area contributed by atoms with Crippen LogP contribution in [0.2, 0.25) is 0 Å². The predicted octanol–water partition coefficient (Wildman–Crippen LogP) is 4.39. The first-order valence-electron chi connectivity index (χ1n) is 7.09. The molecule has 110 valence electrons. The molecule has 0 atom stereocenters. The molecule has 0 unspecified atom stereocenters. The summed E-state index contributed by atoms with van der Waals surface area (Å²) in [6.45, 7) is 8.85. The van der Waals surface area contributed by atoms with Crippen molar-refractivity contribution in [3.63, 3.8) is 0 Å². The second kappa shape index (κ2) is 7.73. The molecule has 0 aromatic heterocycles. The molecule has 3 heteroatoms. The molecule has 1 aromatic carbocycles. The normalized spacial score (nSPS) is 11.6. The fraction of sp³-hybridized carbons (Fsp3) is 0.471. The molecule has 1 aromatic rings. The SMILES string of the molecule is CC/C=C/CN(Cc1ccccc1)C(=O)OC(C)(C)C. The highest BCUT2D eigenvalue weighted by molar-refractivity contribution is 5.68. The molecule has 3 nitrogen and oxygen atoms in total. The summed E-state index contributed by atoms with van der Waals surface area (Å²) >= 11 is 0. The quantitative estimate of drug-likeness (QED) is 0.746. The van der Waals surface area contributed by atoms with Crippen molar-refractivity contribution in [2.24, 2.45) is 0 Å². The van der Waals surface area contributed by atoms with Crippen LogP contribution in [0.5, 0.6) is 0 Å². The van der Waals surface area contributed by atoms with E-state index in [9.17, 15) is 4.79 Å². The van der Waals surface area contributed by atoms with Crippen LogP contribution < -0.4 is 0 Å². The van der Waals surface area contributed by atoms with Gasteiger partial charge in [0.15, 0.2) is 0 Å².